The first-order chi connectivity index (χ1) is 13.0. The van der Waals surface area contributed by atoms with Crippen molar-refractivity contribution in [3.8, 4) is 0 Å². The van der Waals surface area contributed by atoms with Gasteiger partial charge in [-0.25, -0.2) is 4.39 Å². The van der Waals surface area contributed by atoms with Crippen molar-refractivity contribution in [3.05, 3.63) is 71.5 Å². The number of nitrogens with one attached hydrogen (secondary N) is 1. The molecule has 2 rings (SSSR count). The van der Waals surface area contributed by atoms with Gasteiger partial charge >= 0.3 is 0 Å². The van der Waals surface area contributed by atoms with Gasteiger partial charge in [0.05, 0.1) is 6.61 Å². The van der Waals surface area contributed by atoms with Crippen LogP contribution in [0.15, 0.2) is 54.6 Å². The molecule has 144 valence electrons. The van der Waals surface area contributed by atoms with Gasteiger partial charge in [0.1, 0.15) is 11.9 Å². The molecule has 0 bridgehead atoms. The van der Waals surface area contributed by atoms with E-state index in [4.69, 9.17) is 4.74 Å². The van der Waals surface area contributed by atoms with E-state index in [0.717, 1.165) is 11.1 Å². The Balaban J connectivity index is 2.23. The molecule has 1 N–H and O–H groups in total. The predicted molar refractivity (Wildman–Crippen MR) is 101 cm³/mol. The summed E-state index contributed by atoms with van der Waals surface area (Å²) in [7, 11) is 1.56. The highest BCUT2D eigenvalue weighted by atomic mass is 19.1. The van der Waals surface area contributed by atoms with Crippen LogP contribution in [0.5, 0.6) is 0 Å². The number of methoxy groups -OCH3 is 1. The molecule has 5 nitrogen and oxygen atoms in total. The Bertz CT molecular complexity index is 735. The zero-order chi connectivity index (χ0) is 19.6. The molecule has 0 aliphatic rings. The summed E-state index contributed by atoms with van der Waals surface area (Å²) in [5, 5.41) is 2.82. The number of amides is 2. The maximum Gasteiger partial charge on any atom is 0.243 e. The number of carbonyl (C=O) groups excluding carboxylic acids is 2. The van der Waals surface area contributed by atoms with Gasteiger partial charge in [-0.2, -0.15) is 0 Å². The van der Waals surface area contributed by atoms with Crippen LogP contribution in [0.3, 0.4) is 0 Å². The van der Waals surface area contributed by atoms with E-state index in [1.54, 1.807) is 19.2 Å². The van der Waals surface area contributed by atoms with E-state index in [2.05, 4.69) is 5.32 Å². The second-order valence-corrected chi connectivity index (χ2v) is 6.26. The van der Waals surface area contributed by atoms with E-state index in [1.807, 2.05) is 30.3 Å². The largest absolute Gasteiger partial charge is 0.383 e. The van der Waals surface area contributed by atoms with Crippen molar-refractivity contribution in [3.63, 3.8) is 0 Å². The Kier molecular flexibility index (Phi) is 7.95. The average Bonchev–Trinajstić information content (AvgIpc) is 2.66. The number of benzene rings is 2. The fraction of sp³-hybridized carbons (Fsp3) is 0.333. The molecule has 2 amide bonds. The Morgan fingerprint density at radius 3 is 2.33 bits per heavy atom. The quantitative estimate of drug-likeness (QED) is 0.688. The van der Waals surface area contributed by atoms with Crippen molar-refractivity contribution in [1.29, 1.82) is 0 Å². The molecule has 27 heavy (non-hydrogen) atoms. The standard InChI is InChI=1S/C21H25FN2O3/c1-16(25)24(15-18-8-10-19(22)11-9-18)20(21(26)23-12-13-27-2)14-17-6-4-3-5-7-17/h3-11,20H,12-15H2,1-2H3,(H,23,26)/t20-/m1/s1. The lowest BCUT2D eigenvalue weighted by molar-refractivity contribution is -0.139. The van der Waals surface area contributed by atoms with Crippen molar-refractivity contribution >= 4 is 11.8 Å². The van der Waals surface area contributed by atoms with Crippen LogP contribution in [0.1, 0.15) is 18.1 Å². The van der Waals surface area contributed by atoms with Gasteiger partial charge in [0.25, 0.3) is 0 Å². The molecule has 0 radical (unpaired) electrons. The van der Waals surface area contributed by atoms with Crippen LogP contribution in [0, 0.1) is 5.82 Å². The summed E-state index contributed by atoms with van der Waals surface area (Å²) in [5.74, 6) is -0.804. The van der Waals surface area contributed by atoms with Crippen LogP contribution in [-0.4, -0.2) is 43.0 Å². The maximum absolute atomic E-state index is 13.2. The van der Waals surface area contributed by atoms with Gasteiger partial charge in [-0.05, 0) is 23.3 Å². The van der Waals surface area contributed by atoms with Gasteiger partial charge in [0.2, 0.25) is 11.8 Å². The fourth-order valence-electron chi connectivity index (χ4n) is 2.80. The van der Waals surface area contributed by atoms with E-state index in [0.29, 0.717) is 19.6 Å². The molecule has 2 aromatic carbocycles. The average molecular weight is 372 g/mol. The number of hydrogen-bond donors (Lipinski definition) is 1. The van der Waals surface area contributed by atoms with Crippen LogP contribution in [0.25, 0.3) is 0 Å². The minimum absolute atomic E-state index is 0.220. The van der Waals surface area contributed by atoms with Crippen molar-refractivity contribution in [2.24, 2.45) is 0 Å². The molecule has 0 unspecified atom stereocenters. The first-order valence-electron chi connectivity index (χ1n) is 8.83. The molecule has 0 aliphatic carbocycles. The monoisotopic (exact) mass is 372 g/mol. The van der Waals surface area contributed by atoms with Crippen molar-refractivity contribution < 1.29 is 18.7 Å². The van der Waals surface area contributed by atoms with Gasteiger partial charge < -0.3 is 15.0 Å². The summed E-state index contributed by atoms with van der Waals surface area (Å²) in [5.41, 5.74) is 1.71. The van der Waals surface area contributed by atoms with Gasteiger partial charge in [0, 0.05) is 33.5 Å². The van der Waals surface area contributed by atoms with Crippen molar-refractivity contribution in [2.75, 3.05) is 20.3 Å². The third kappa shape index (κ3) is 6.49. The minimum atomic E-state index is -0.674. The predicted octanol–water partition coefficient (Wildman–Crippen LogP) is 2.55. The second-order valence-electron chi connectivity index (χ2n) is 6.26. The molecule has 2 aromatic rings. The Labute approximate surface area is 159 Å². The lowest BCUT2D eigenvalue weighted by Gasteiger charge is -2.30. The topological polar surface area (TPSA) is 58.6 Å². The number of ether oxygens (including phenoxy) is 1. The maximum atomic E-state index is 13.2. The Morgan fingerprint density at radius 2 is 1.74 bits per heavy atom. The van der Waals surface area contributed by atoms with E-state index in [1.165, 1.54) is 24.0 Å². The molecule has 0 spiro atoms. The van der Waals surface area contributed by atoms with Crippen molar-refractivity contribution in [2.45, 2.75) is 25.9 Å². The van der Waals surface area contributed by atoms with Crippen LogP contribution < -0.4 is 5.32 Å². The molecular formula is C21H25FN2O3. The molecule has 0 saturated carbocycles. The highest BCUT2D eigenvalue weighted by Gasteiger charge is 2.28. The summed E-state index contributed by atoms with van der Waals surface area (Å²) in [6, 6.07) is 14.8. The Morgan fingerprint density at radius 1 is 1.07 bits per heavy atom. The van der Waals surface area contributed by atoms with Crippen LogP contribution in [0.2, 0.25) is 0 Å². The minimum Gasteiger partial charge on any atom is -0.383 e. The van der Waals surface area contributed by atoms with E-state index in [-0.39, 0.29) is 24.2 Å². The first-order valence-corrected chi connectivity index (χ1v) is 8.83. The summed E-state index contributed by atoms with van der Waals surface area (Å²) in [4.78, 5) is 26.6. The molecular weight excluding hydrogens is 347 g/mol. The van der Waals surface area contributed by atoms with E-state index >= 15 is 0 Å². The molecule has 1 atom stereocenters. The first kappa shape index (κ1) is 20.6. The third-order valence-corrected chi connectivity index (χ3v) is 4.23. The lowest BCUT2D eigenvalue weighted by atomic mass is 10.0. The SMILES string of the molecule is COCCNC(=O)[C@@H](Cc1ccccc1)N(Cc1ccc(F)cc1)C(C)=O. The smallest absolute Gasteiger partial charge is 0.243 e. The highest BCUT2D eigenvalue weighted by molar-refractivity contribution is 5.87. The number of carbonyl (C=O) groups is 2. The number of nitrogens with zero attached hydrogens (tertiary/aromatic N) is 1. The molecule has 6 heteroatoms. The summed E-state index contributed by atoms with van der Waals surface area (Å²) < 4.78 is 18.1. The second kappa shape index (κ2) is 10.4. The molecule has 0 aliphatic heterocycles. The number of rotatable bonds is 9. The van der Waals surface area contributed by atoms with E-state index < -0.39 is 6.04 Å². The molecule has 0 fully saturated rings. The molecule has 0 aromatic heterocycles. The van der Waals surface area contributed by atoms with Gasteiger partial charge in [0.15, 0.2) is 0 Å². The molecule has 0 heterocycles. The van der Waals surface area contributed by atoms with Gasteiger partial charge in [-0.15, -0.1) is 0 Å². The summed E-state index contributed by atoms with van der Waals surface area (Å²) in [6.45, 7) is 2.42. The zero-order valence-electron chi connectivity index (χ0n) is 15.7. The van der Waals surface area contributed by atoms with Crippen LogP contribution in [0.4, 0.5) is 4.39 Å². The summed E-state index contributed by atoms with van der Waals surface area (Å²) >= 11 is 0. The lowest BCUT2D eigenvalue weighted by Crippen LogP contribution is -2.50. The summed E-state index contributed by atoms with van der Waals surface area (Å²) in [6.07, 6.45) is 0.389. The van der Waals surface area contributed by atoms with Gasteiger partial charge in [-0.3, -0.25) is 9.59 Å². The normalized spacial score (nSPS) is 11.7. The van der Waals surface area contributed by atoms with Crippen LogP contribution in [-0.2, 0) is 27.3 Å². The van der Waals surface area contributed by atoms with Crippen LogP contribution >= 0.6 is 0 Å². The fourth-order valence-corrected chi connectivity index (χ4v) is 2.80. The highest BCUT2D eigenvalue weighted by Crippen LogP contribution is 2.15. The Hall–Kier alpha value is -2.73. The number of hydrogen-bond acceptors (Lipinski definition) is 3. The third-order valence-electron chi connectivity index (χ3n) is 4.23. The number of halogens is 1. The zero-order valence-corrected chi connectivity index (χ0v) is 15.7. The molecule has 0 saturated heterocycles. The van der Waals surface area contributed by atoms with E-state index in [9.17, 15) is 14.0 Å². The van der Waals surface area contributed by atoms with Crippen molar-refractivity contribution in [1.82, 2.24) is 10.2 Å². The van der Waals surface area contributed by atoms with Gasteiger partial charge in [-0.1, -0.05) is 42.5 Å².